The van der Waals surface area contributed by atoms with Crippen LogP contribution in [0.15, 0.2) is 11.6 Å². The van der Waals surface area contributed by atoms with Gasteiger partial charge in [0.15, 0.2) is 0 Å². The number of allylic oxidation sites excluding steroid dienone is 1. The number of urea groups is 1. The first-order valence-electron chi connectivity index (χ1n) is 8.90. The standard InChI is InChI=1S/C18H29N3O3/c1-13(2)11-18(3)16(23)21(17(24)20-18)12-15(22)19-10-9-14-7-5-4-6-8-14/h7,13H,4-6,8-12H2,1-3H3,(H,19,22)(H,20,24). The summed E-state index contributed by atoms with van der Waals surface area (Å²) in [6, 6.07) is -0.478. The number of carbonyl (C=O) groups excluding carboxylic acids is 3. The van der Waals surface area contributed by atoms with Crippen molar-refractivity contribution in [3.63, 3.8) is 0 Å². The van der Waals surface area contributed by atoms with Crippen LogP contribution in [0.1, 0.15) is 59.3 Å². The molecule has 0 aromatic heterocycles. The van der Waals surface area contributed by atoms with Crippen LogP contribution in [0.3, 0.4) is 0 Å². The third-order valence-electron chi connectivity index (χ3n) is 4.62. The lowest BCUT2D eigenvalue weighted by molar-refractivity contribution is -0.135. The second-order valence-electron chi connectivity index (χ2n) is 7.46. The van der Waals surface area contributed by atoms with Crippen molar-refractivity contribution >= 4 is 17.8 Å². The van der Waals surface area contributed by atoms with Crippen molar-refractivity contribution in [1.29, 1.82) is 0 Å². The van der Waals surface area contributed by atoms with E-state index in [1.807, 2.05) is 13.8 Å². The highest BCUT2D eigenvalue weighted by molar-refractivity contribution is 6.08. The number of amides is 4. The number of hydrogen-bond acceptors (Lipinski definition) is 3. The van der Waals surface area contributed by atoms with E-state index in [4.69, 9.17) is 0 Å². The van der Waals surface area contributed by atoms with E-state index >= 15 is 0 Å². The highest BCUT2D eigenvalue weighted by Gasteiger charge is 2.48. The third kappa shape index (κ3) is 4.58. The molecule has 1 unspecified atom stereocenters. The molecule has 0 aromatic rings. The molecule has 1 saturated heterocycles. The van der Waals surface area contributed by atoms with Crippen LogP contribution < -0.4 is 10.6 Å². The number of hydrogen-bond donors (Lipinski definition) is 2. The maximum Gasteiger partial charge on any atom is 0.325 e. The number of imide groups is 1. The first kappa shape index (κ1) is 18.5. The minimum absolute atomic E-state index is 0.211. The molecule has 24 heavy (non-hydrogen) atoms. The second kappa shape index (κ2) is 7.81. The summed E-state index contributed by atoms with van der Waals surface area (Å²) in [5.74, 6) is -0.327. The minimum Gasteiger partial charge on any atom is -0.354 e. The topological polar surface area (TPSA) is 78.5 Å². The van der Waals surface area contributed by atoms with Gasteiger partial charge in [-0.05, 0) is 51.4 Å². The van der Waals surface area contributed by atoms with Crippen molar-refractivity contribution in [2.45, 2.75) is 64.8 Å². The van der Waals surface area contributed by atoms with E-state index in [9.17, 15) is 14.4 Å². The predicted octanol–water partition coefficient (Wildman–Crippen LogP) is 2.35. The fourth-order valence-corrected chi connectivity index (χ4v) is 3.54. The number of rotatable bonds is 7. The van der Waals surface area contributed by atoms with Gasteiger partial charge in [-0.25, -0.2) is 4.79 Å². The molecule has 0 spiro atoms. The van der Waals surface area contributed by atoms with E-state index in [0.717, 1.165) is 24.2 Å². The summed E-state index contributed by atoms with van der Waals surface area (Å²) in [4.78, 5) is 37.6. The fourth-order valence-electron chi connectivity index (χ4n) is 3.54. The summed E-state index contributed by atoms with van der Waals surface area (Å²) in [7, 11) is 0. The van der Waals surface area contributed by atoms with Crippen molar-refractivity contribution < 1.29 is 14.4 Å². The molecule has 134 valence electrons. The predicted molar refractivity (Wildman–Crippen MR) is 92.3 cm³/mol. The van der Waals surface area contributed by atoms with Crippen LogP contribution in [-0.4, -0.2) is 41.4 Å². The Morgan fingerprint density at radius 3 is 2.75 bits per heavy atom. The monoisotopic (exact) mass is 335 g/mol. The normalized spacial score (nSPS) is 24.2. The van der Waals surface area contributed by atoms with Crippen LogP contribution in [-0.2, 0) is 9.59 Å². The van der Waals surface area contributed by atoms with Crippen molar-refractivity contribution in [3.8, 4) is 0 Å². The Morgan fingerprint density at radius 2 is 2.12 bits per heavy atom. The van der Waals surface area contributed by atoms with Gasteiger partial charge in [0.05, 0.1) is 0 Å². The SMILES string of the molecule is CC(C)CC1(C)NC(=O)N(CC(=O)NCCC2=CCCCC2)C1=O. The lowest BCUT2D eigenvalue weighted by atomic mass is 9.91. The molecule has 1 aliphatic carbocycles. The molecular weight excluding hydrogens is 306 g/mol. The lowest BCUT2D eigenvalue weighted by Crippen LogP contribution is -2.46. The number of nitrogens with one attached hydrogen (secondary N) is 2. The highest BCUT2D eigenvalue weighted by atomic mass is 16.2. The van der Waals surface area contributed by atoms with E-state index < -0.39 is 11.6 Å². The molecule has 6 nitrogen and oxygen atoms in total. The fraction of sp³-hybridized carbons (Fsp3) is 0.722. The summed E-state index contributed by atoms with van der Waals surface area (Å²) in [5, 5.41) is 5.54. The first-order valence-corrected chi connectivity index (χ1v) is 8.90. The van der Waals surface area contributed by atoms with Crippen LogP contribution in [0.2, 0.25) is 0 Å². The summed E-state index contributed by atoms with van der Waals surface area (Å²) in [6.45, 7) is 6.07. The molecule has 0 radical (unpaired) electrons. The Balaban J connectivity index is 1.81. The van der Waals surface area contributed by atoms with E-state index in [-0.39, 0.29) is 24.3 Å². The zero-order valence-electron chi connectivity index (χ0n) is 15.0. The second-order valence-corrected chi connectivity index (χ2v) is 7.46. The van der Waals surface area contributed by atoms with Gasteiger partial charge in [0.1, 0.15) is 12.1 Å². The summed E-state index contributed by atoms with van der Waals surface area (Å²) >= 11 is 0. The molecule has 1 aliphatic heterocycles. The molecule has 1 fully saturated rings. The van der Waals surface area contributed by atoms with E-state index in [1.54, 1.807) is 6.92 Å². The zero-order valence-corrected chi connectivity index (χ0v) is 15.0. The molecule has 0 aromatic carbocycles. The molecular formula is C18H29N3O3. The van der Waals surface area contributed by atoms with Crippen LogP contribution in [0.5, 0.6) is 0 Å². The van der Waals surface area contributed by atoms with Crippen molar-refractivity contribution in [1.82, 2.24) is 15.5 Å². The summed E-state index contributed by atoms with van der Waals surface area (Å²) in [5.41, 5.74) is 0.486. The van der Waals surface area contributed by atoms with Gasteiger partial charge in [-0.1, -0.05) is 25.5 Å². The maximum atomic E-state index is 12.5. The average molecular weight is 335 g/mol. The van der Waals surface area contributed by atoms with Gasteiger partial charge in [-0.15, -0.1) is 0 Å². The van der Waals surface area contributed by atoms with Gasteiger partial charge < -0.3 is 10.6 Å². The van der Waals surface area contributed by atoms with Gasteiger partial charge in [0.2, 0.25) is 5.91 Å². The third-order valence-corrected chi connectivity index (χ3v) is 4.62. The quantitative estimate of drug-likeness (QED) is 0.554. The Hall–Kier alpha value is -1.85. The van der Waals surface area contributed by atoms with Gasteiger partial charge in [0.25, 0.3) is 5.91 Å². The van der Waals surface area contributed by atoms with E-state index in [1.165, 1.54) is 18.4 Å². The molecule has 0 saturated carbocycles. The lowest BCUT2D eigenvalue weighted by Gasteiger charge is -2.23. The van der Waals surface area contributed by atoms with Crippen LogP contribution >= 0.6 is 0 Å². The van der Waals surface area contributed by atoms with Crippen LogP contribution in [0.4, 0.5) is 4.79 Å². The van der Waals surface area contributed by atoms with Crippen molar-refractivity contribution in [3.05, 3.63) is 11.6 Å². The Labute approximate surface area is 144 Å². The van der Waals surface area contributed by atoms with Crippen LogP contribution in [0.25, 0.3) is 0 Å². The first-order chi connectivity index (χ1) is 11.3. The van der Waals surface area contributed by atoms with Gasteiger partial charge in [0, 0.05) is 6.54 Å². The van der Waals surface area contributed by atoms with Crippen molar-refractivity contribution in [2.75, 3.05) is 13.1 Å². The smallest absolute Gasteiger partial charge is 0.325 e. The Morgan fingerprint density at radius 1 is 1.38 bits per heavy atom. The van der Waals surface area contributed by atoms with E-state index in [2.05, 4.69) is 16.7 Å². The Kier molecular flexibility index (Phi) is 6.02. The van der Waals surface area contributed by atoms with Gasteiger partial charge >= 0.3 is 6.03 Å². The molecule has 0 bridgehead atoms. The summed E-state index contributed by atoms with van der Waals surface area (Å²) < 4.78 is 0. The Bertz CT molecular complexity index is 542. The molecule has 2 rings (SSSR count). The molecule has 2 aliphatic rings. The molecule has 1 atom stereocenters. The number of nitrogens with zero attached hydrogens (tertiary/aromatic N) is 1. The minimum atomic E-state index is -0.904. The van der Waals surface area contributed by atoms with Crippen LogP contribution in [0, 0.1) is 5.92 Å². The zero-order chi connectivity index (χ0) is 17.7. The van der Waals surface area contributed by atoms with Crippen molar-refractivity contribution in [2.24, 2.45) is 5.92 Å². The molecule has 1 heterocycles. The maximum absolute atomic E-state index is 12.5. The average Bonchev–Trinajstić information content (AvgIpc) is 2.71. The molecule has 6 heteroatoms. The molecule has 4 amide bonds. The number of carbonyl (C=O) groups is 3. The van der Waals surface area contributed by atoms with E-state index in [0.29, 0.717) is 13.0 Å². The summed E-state index contributed by atoms with van der Waals surface area (Å²) in [6.07, 6.45) is 8.36. The molecule has 2 N–H and O–H groups in total. The largest absolute Gasteiger partial charge is 0.354 e. The highest BCUT2D eigenvalue weighted by Crippen LogP contribution is 2.24. The van der Waals surface area contributed by atoms with Gasteiger partial charge in [-0.2, -0.15) is 0 Å². The van der Waals surface area contributed by atoms with Gasteiger partial charge in [-0.3, -0.25) is 14.5 Å².